The lowest BCUT2D eigenvalue weighted by molar-refractivity contribution is 0.725. The lowest BCUT2D eigenvalue weighted by atomic mass is 10.4. The van der Waals surface area contributed by atoms with Crippen molar-refractivity contribution in [3.63, 3.8) is 0 Å². The van der Waals surface area contributed by atoms with E-state index in [4.69, 9.17) is 0 Å². The van der Waals surface area contributed by atoms with Gasteiger partial charge in [-0.3, -0.25) is 5.32 Å². The lowest BCUT2D eigenvalue weighted by Gasteiger charge is -2.21. The molecule has 0 aromatic carbocycles. The van der Waals surface area contributed by atoms with E-state index in [1.807, 2.05) is 0 Å². The van der Waals surface area contributed by atoms with E-state index in [2.05, 4.69) is 40.0 Å². The molecule has 1 aromatic rings. The van der Waals surface area contributed by atoms with Crippen molar-refractivity contribution < 1.29 is 0 Å². The molecule has 1 N–H and O–H groups in total. The fourth-order valence-electron chi connectivity index (χ4n) is 1.09. The predicted octanol–water partition coefficient (Wildman–Crippen LogP) is 1.63. The van der Waals surface area contributed by atoms with Gasteiger partial charge < -0.3 is 4.90 Å². The maximum atomic E-state index is 3.27. The molecule has 2 heterocycles. The van der Waals surface area contributed by atoms with Crippen LogP contribution in [0.2, 0.25) is 0 Å². The molecule has 0 saturated heterocycles. The van der Waals surface area contributed by atoms with Crippen LogP contribution in [0.4, 0.5) is 5.00 Å². The molecule has 2 nitrogen and oxygen atoms in total. The third-order valence-corrected chi connectivity index (χ3v) is 2.52. The first kappa shape index (κ1) is 6.88. The number of hydrogen-bond donors (Lipinski definition) is 1. The summed E-state index contributed by atoms with van der Waals surface area (Å²) in [5.41, 5.74) is 0. The molecular weight excluding hydrogens is 156 g/mol. The summed E-state index contributed by atoms with van der Waals surface area (Å²) in [5, 5.41) is 6.66. The van der Waals surface area contributed by atoms with Gasteiger partial charge in [0.15, 0.2) is 0 Å². The van der Waals surface area contributed by atoms with E-state index >= 15 is 0 Å². The molecule has 0 saturated carbocycles. The van der Waals surface area contributed by atoms with Crippen LogP contribution in [-0.4, -0.2) is 13.2 Å². The third kappa shape index (κ3) is 1.44. The Kier molecular flexibility index (Phi) is 1.92. The van der Waals surface area contributed by atoms with E-state index in [0.29, 0.717) is 0 Å². The average molecular weight is 166 g/mol. The Hall–Kier alpha value is -0.800. The predicted molar refractivity (Wildman–Crippen MR) is 48.8 cm³/mol. The highest BCUT2D eigenvalue weighted by Crippen LogP contribution is 2.21. The standard InChI is InChI=1S/C8H10N2S/c1-3-8(11-6-1)10-5-2-4-9-7-10/h1-3,5-6,9H,4,7H2. The van der Waals surface area contributed by atoms with E-state index in [1.165, 1.54) is 5.00 Å². The van der Waals surface area contributed by atoms with Gasteiger partial charge in [-0.15, -0.1) is 11.3 Å². The average Bonchev–Trinajstić information content (AvgIpc) is 2.58. The first-order chi connectivity index (χ1) is 5.47. The molecule has 0 unspecified atom stereocenters. The second-order valence-electron chi connectivity index (χ2n) is 2.42. The second-order valence-corrected chi connectivity index (χ2v) is 3.34. The van der Waals surface area contributed by atoms with Gasteiger partial charge in [0.25, 0.3) is 0 Å². The Labute approximate surface area is 70.1 Å². The summed E-state index contributed by atoms with van der Waals surface area (Å²) in [6.45, 7) is 1.92. The molecule has 58 valence electrons. The SMILES string of the molecule is C1=CN(c2cccs2)CNC1. The van der Waals surface area contributed by atoms with Crippen molar-refractivity contribution in [3.8, 4) is 0 Å². The number of nitrogens with one attached hydrogen (secondary N) is 1. The minimum atomic E-state index is 0.928. The van der Waals surface area contributed by atoms with Crippen molar-refractivity contribution in [2.75, 3.05) is 18.1 Å². The molecule has 0 atom stereocenters. The van der Waals surface area contributed by atoms with Crippen LogP contribution in [0.5, 0.6) is 0 Å². The second kappa shape index (κ2) is 3.07. The van der Waals surface area contributed by atoms with Crippen LogP contribution in [0.25, 0.3) is 0 Å². The number of thiophene rings is 1. The number of rotatable bonds is 1. The fourth-order valence-corrected chi connectivity index (χ4v) is 1.80. The van der Waals surface area contributed by atoms with Crippen LogP contribution >= 0.6 is 11.3 Å². The van der Waals surface area contributed by atoms with E-state index in [9.17, 15) is 0 Å². The normalized spacial score (nSPS) is 17.3. The largest absolute Gasteiger partial charge is 0.327 e. The van der Waals surface area contributed by atoms with Gasteiger partial charge in [-0.25, -0.2) is 0 Å². The van der Waals surface area contributed by atoms with Crippen molar-refractivity contribution in [2.24, 2.45) is 0 Å². The molecule has 0 aliphatic carbocycles. The van der Waals surface area contributed by atoms with Gasteiger partial charge in [-0.05, 0) is 17.5 Å². The molecule has 1 aliphatic rings. The Morgan fingerprint density at radius 3 is 3.18 bits per heavy atom. The molecule has 1 aliphatic heterocycles. The summed E-state index contributed by atoms with van der Waals surface area (Å²) in [7, 11) is 0. The first-order valence-electron chi connectivity index (χ1n) is 3.64. The Morgan fingerprint density at radius 1 is 1.55 bits per heavy atom. The van der Waals surface area contributed by atoms with Gasteiger partial charge in [0.05, 0.1) is 11.7 Å². The van der Waals surface area contributed by atoms with Crippen molar-refractivity contribution in [3.05, 3.63) is 29.8 Å². The van der Waals surface area contributed by atoms with Crippen molar-refractivity contribution in [1.29, 1.82) is 0 Å². The smallest absolute Gasteiger partial charge is 0.0959 e. The van der Waals surface area contributed by atoms with Crippen LogP contribution in [0.3, 0.4) is 0 Å². The number of anilines is 1. The molecule has 0 radical (unpaired) electrons. The summed E-state index contributed by atoms with van der Waals surface area (Å²) in [5.74, 6) is 0. The zero-order valence-corrected chi connectivity index (χ0v) is 6.97. The zero-order chi connectivity index (χ0) is 7.52. The summed E-state index contributed by atoms with van der Waals surface area (Å²) < 4.78 is 0. The first-order valence-corrected chi connectivity index (χ1v) is 4.52. The van der Waals surface area contributed by atoms with Crippen LogP contribution in [0.15, 0.2) is 29.8 Å². The van der Waals surface area contributed by atoms with Crippen molar-refractivity contribution in [1.82, 2.24) is 5.32 Å². The third-order valence-electron chi connectivity index (χ3n) is 1.62. The fraction of sp³-hybridized carbons (Fsp3) is 0.250. The maximum Gasteiger partial charge on any atom is 0.0959 e. The van der Waals surface area contributed by atoms with Crippen LogP contribution in [0, 0.1) is 0 Å². The van der Waals surface area contributed by atoms with Crippen LogP contribution in [-0.2, 0) is 0 Å². The lowest BCUT2D eigenvalue weighted by Crippen LogP contribution is -2.33. The molecule has 0 amide bonds. The molecule has 0 fully saturated rings. The highest BCUT2D eigenvalue weighted by Gasteiger charge is 2.04. The molecule has 11 heavy (non-hydrogen) atoms. The maximum absolute atomic E-state index is 3.27. The summed E-state index contributed by atoms with van der Waals surface area (Å²) >= 11 is 1.76. The molecule has 2 rings (SSSR count). The minimum Gasteiger partial charge on any atom is -0.327 e. The minimum absolute atomic E-state index is 0.928. The van der Waals surface area contributed by atoms with Gasteiger partial charge in [-0.1, -0.05) is 6.08 Å². The van der Waals surface area contributed by atoms with Gasteiger partial charge >= 0.3 is 0 Å². The molecule has 1 aromatic heterocycles. The summed E-state index contributed by atoms with van der Waals surface area (Å²) in [6.07, 6.45) is 4.26. The number of nitrogens with zero attached hydrogens (tertiary/aromatic N) is 1. The van der Waals surface area contributed by atoms with Crippen LogP contribution < -0.4 is 10.2 Å². The van der Waals surface area contributed by atoms with E-state index < -0.39 is 0 Å². The Balaban J connectivity index is 2.16. The van der Waals surface area contributed by atoms with Gasteiger partial charge in [0, 0.05) is 12.7 Å². The highest BCUT2D eigenvalue weighted by atomic mass is 32.1. The molecular formula is C8H10N2S. The van der Waals surface area contributed by atoms with E-state index in [-0.39, 0.29) is 0 Å². The monoisotopic (exact) mass is 166 g/mol. The van der Waals surface area contributed by atoms with E-state index in [0.717, 1.165) is 13.2 Å². The van der Waals surface area contributed by atoms with Gasteiger partial charge in [0.2, 0.25) is 0 Å². The van der Waals surface area contributed by atoms with Crippen LogP contribution in [0.1, 0.15) is 0 Å². The molecule has 3 heteroatoms. The highest BCUT2D eigenvalue weighted by molar-refractivity contribution is 7.14. The van der Waals surface area contributed by atoms with Gasteiger partial charge in [-0.2, -0.15) is 0 Å². The van der Waals surface area contributed by atoms with Crippen molar-refractivity contribution in [2.45, 2.75) is 0 Å². The van der Waals surface area contributed by atoms with Crippen molar-refractivity contribution >= 4 is 16.3 Å². The summed E-state index contributed by atoms with van der Waals surface area (Å²) in [6, 6.07) is 4.20. The molecule has 0 bridgehead atoms. The molecule has 0 spiro atoms. The van der Waals surface area contributed by atoms with Gasteiger partial charge in [0.1, 0.15) is 0 Å². The topological polar surface area (TPSA) is 15.3 Å². The van der Waals surface area contributed by atoms with E-state index in [1.54, 1.807) is 11.3 Å². The quantitative estimate of drug-likeness (QED) is 0.682. The number of hydrogen-bond acceptors (Lipinski definition) is 3. The zero-order valence-electron chi connectivity index (χ0n) is 6.16. The Morgan fingerprint density at radius 2 is 2.55 bits per heavy atom. The Bertz CT molecular complexity index is 241. The summed E-state index contributed by atoms with van der Waals surface area (Å²) in [4.78, 5) is 2.20.